The molecule has 156 valence electrons. The fourth-order valence-electron chi connectivity index (χ4n) is 2.56. The van der Waals surface area contributed by atoms with E-state index in [0.717, 1.165) is 10.1 Å². The van der Waals surface area contributed by atoms with Gasteiger partial charge < -0.3 is 14.4 Å². The highest BCUT2D eigenvalue weighted by molar-refractivity contribution is 5.85. The average molecular weight is 408 g/mol. The molecule has 0 aliphatic heterocycles. The van der Waals surface area contributed by atoms with E-state index in [9.17, 15) is 14.4 Å². The standard InChI is InChI=1S/C17H18N2O5.C6H6/c1-2-13-8-9-19(10-14(20)21)16(22)15(13)18-17(23)24-11-12-6-4-3-5-7-12;1-2-4-6-5-3-1/h3-9H,2,10-11H2,1H3,(H,18,23)(H,20,21);1-6H. The summed E-state index contributed by atoms with van der Waals surface area (Å²) in [5, 5.41) is 11.3. The fraction of sp³-hybridized carbons (Fsp3) is 0.174. The third-order valence-electron chi connectivity index (χ3n) is 4.04. The van der Waals surface area contributed by atoms with E-state index in [1.165, 1.54) is 6.20 Å². The van der Waals surface area contributed by atoms with E-state index >= 15 is 0 Å². The van der Waals surface area contributed by atoms with Crippen molar-refractivity contribution in [1.82, 2.24) is 4.57 Å². The largest absolute Gasteiger partial charge is 0.480 e. The van der Waals surface area contributed by atoms with Crippen molar-refractivity contribution in [2.75, 3.05) is 5.32 Å². The van der Waals surface area contributed by atoms with Crippen molar-refractivity contribution in [2.45, 2.75) is 26.5 Å². The first-order chi connectivity index (χ1) is 14.5. The number of nitrogens with one attached hydrogen (secondary N) is 1. The summed E-state index contributed by atoms with van der Waals surface area (Å²) >= 11 is 0. The van der Waals surface area contributed by atoms with E-state index in [2.05, 4.69) is 5.32 Å². The van der Waals surface area contributed by atoms with Crippen molar-refractivity contribution in [3.05, 3.63) is 100 Å². The Kier molecular flexibility index (Phi) is 8.86. The monoisotopic (exact) mass is 408 g/mol. The molecule has 0 radical (unpaired) electrons. The normalized spacial score (nSPS) is 9.77. The number of anilines is 1. The number of carboxylic acid groups (broad SMARTS) is 1. The highest BCUT2D eigenvalue weighted by Gasteiger charge is 2.14. The minimum absolute atomic E-state index is 0.0410. The predicted octanol–water partition coefficient (Wildman–Crippen LogP) is 3.93. The SMILES string of the molecule is CCc1ccn(CC(=O)O)c(=O)c1NC(=O)OCc1ccccc1.c1ccccc1. The lowest BCUT2D eigenvalue weighted by atomic mass is 10.1. The summed E-state index contributed by atoms with van der Waals surface area (Å²) in [5.41, 5.74) is 0.894. The van der Waals surface area contributed by atoms with Gasteiger partial charge in [0, 0.05) is 6.20 Å². The number of amides is 1. The molecule has 2 N–H and O–H groups in total. The van der Waals surface area contributed by atoms with Crippen molar-refractivity contribution >= 4 is 17.7 Å². The average Bonchev–Trinajstić information content (AvgIpc) is 2.77. The van der Waals surface area contributed by atoms with Gasteiger partial charge in [-0.1, -0.05) is 73.7 Å². The Bertz CT molecular complexity index is 974. The van der Waals surface area contributed by atoms with Crippen LogP contribution in [0.15, 0.2) is 83.8 Å². The third kappa shape index (κ3) is 7.27. The van der Waals surface area contributed by atoms with Crippen LogP contribution in [0.1, 0.15) is 18.1 Å². The summed E-state index contributed by atoms with van der Waals surface area (Å²) in [6.07, 6.45) is 1.14. The summed E-state index contributed by atoms with van der Waals surface area (Å²) in [6, 6.07) is 22.7. The number of hydrogen-bond acceptors (Lipinski definition) is 4. The van der Waals surface area contributed by atoms with E-state index in [1.807, 2.05) is 73.7 Å². The number of hydrogen-bond donors (Lipinski definition) is 2. The van der Waals surface area contributed by atoms with Crippen LogP contribution in [0.4, 0.5) is 10.5 Å². The predicted molar refractivity (Wildman–Crippen MR) is 114 cm³/mol. The minimum Gasteiger partial charge on any atom is -0.480 e. The number of carbonyl (C=O) groups excluding carboxylic acids is 1. The Labute approximate surface area is 174 Å². The number of ether oxygens (including phenoxy) is 1. The molecule has 0 saturated carbocycles. The van der Waals surface area contributed by atoms with Gasteiger partial charge in [0.25, 0.3) is 5.56 Å². The molecule has 0 saturated heterocycles. The van der Waals surface area contributed by atoms with Crippen LogP contribution in [0, 0.1) is 0 Å². The van der Waals surface area contributed by atoms with E-state index in [1.54, 1.807) is 6.07 Å². The summed E-state index contributed by atoms with van der Waals surface area (Å²) in [7, 11) is 0. The number of aromatic nitrogens is 1. The number of pyridine rings is 1. The molecular weight excluding hydrogens is 384 g/mol. The highest BCUT2D eigenvalue weighted by Crippen LogP contribution is 2.12. The number of carboxylic acids is 1. The van der Waals surface area contributed by atoms with Crippen LogP contribution in [0.3, 0.4) is 0 Å². The van der Waals surface area contributed by atoms with E-state index in [0.29, 0.717) is 12.0 Å². The topological polar surface area (TPSA) is 97.6 Å². The van der Waals surface area contributed by atoms with Crippen LogP contribution in [-0.4, -0.2) is 21.7 Å². The summed E-state index contributed by atoms with van der Waals surface area (Å²) in [5.74, 6) is -1.14. The van der Waals surface area contributed by atoms with Crippen molar-refractivity contribution in [3.63, 3.8) is 0 Å². The smallest absolute Gasteiger partial charge is 0.412 e. The molecule has 3 aromatic rings. The lowest BCUT2D eigenvalue weighted by Gasteiger charge is -2.12. The molecule has 7 nitrogen and oxygen atoms in total. The van der Waals surface area contributed by atoms with Crippen LogP contribution in [0.2, 0.25) is 0 Å². The maximum atomic E-state index is 12.3. The molecule has 0 fully saturated rings. The molecule has 1 aromatic heterocycles. The molecule has 0 spiro atoms. The quantitative estimate of drug-likeness (QED) is 0.644. The van der Waals surface area contributed by atoms with Crippen LogP contribution in [0.25, 0.3) is 0 Å². The Hall–Kier alpha value is -3.87. The zero-order valence-corrected chi connectivity index (χ0v) is 16.7. The number of aryl methyl sites for hydroxylation is 1. The molecule has 1 heterocycles. The summed E-state index contributed by atoms with van der Waals surface area (Å²) < 4.78 is 6.12. The fourth-order valence-corrected chi connectivity index (χ4v) is 2.56. The van der Waals surface area contributed by atoms with Crippen molar-refractivity contribution in [2.24, 2.45) is 0 Å². The summed E-state index contributed by atoms with van der Waals surface area (Å²) in [6.45, 7) is 1.43. The van der Waals surface area contributed by atoms with Gasteiger partial charge in [-0.25, -0.2) is 4.79 Å². The molecule has 30 heavy (non-hydrogen) atoms. The molecule has 1 amide bonds. The Morgan fingerprint density at radius 1 is 0.967 bits per heavy atom. The first kappa shape index (κ1) is 22.4. The van der Waals surface area contributed by atoms with Gasteiger partial charge in [0.05, 0.1) is 0 Å². The van der Waals surface area contributed by atoms with E-state index in [4.69, 9.17) is 9.84 Å². The van der Waals surface area contributed by atoms with Gasteiger partial charge in [0.1, 0.15) is 18.8 Å². The second-order valence-corrected chi connectivity index (χ2v) is 6.24. The first-order valence-corrected chi connectivity index (χ1v) is 9.43. The molecule has 0 aliphatic carbocycles. The van der Waals surface area contributed by atoms with Gasteiger partial charge in [-0.05, 0) is 23.6 Å². The summed E-state index contributed by atoms with van der Waals surface area (Å²) in [4.78, 5) is 35.1. The molecule has 0 bridgehead atoms. The molecule has 0 aliphatic rings. The van der Waals surface area contributed by atoms with Crippen molar-refractivity contribution in [3.8, 4) is 0 Å². The molecule has 7 heteroatoms. The minimum atomic E-state index is -1.14. The zero-order chi connectivity index (χ0) is 21.8. The van der Waals surface area contributed by atoms with Crippen LogP contribution < -0.4 is 10.9 Å². The van der Waals surface area contributed by atoms with E-state index < -0.39 is 24.2 Å². The molecule has 0 atom stereocenters. The van der Waals surface area contributed by atoms with Gasteiger partial charge in [-0.3, -0.25) is 14.9 Å². The third-order valence-corrected chi connectivity index (χ3v) is 4.04. The van der Waals surface area contributed by atoms with Crippen LogP contribution in [0.5, 0.6) is 0 Å². The second kappa shape index (κ2) is 11.9. The van der Waals surface area contributed by atoms with Gasteiger partial charge >= 0.3 is 12.1 Å². The van der Waals surface area contributed by atoms with E-state index in [-0.39, 0.29) is 12.3 Å². The first-order valence-electron chi connectivity index (χ1n) is 9.43. The van der Waals surface area contributed by atoms with Crippen LogP contribution >= 0.6 is 0 Å². The maximum absolute atomic E-state index is 12.3. The van der Waals surface area contributed by atoms with Crippen LogP contribution in [-0.2, 0) is 29.1 Å². The Morgan fingerprint density at radius 2 is 1.53 bits per heavy atom. The number of carbonyl (C=O) groups is 2. The van der Waals surface area contributed by atoms with Gasteiger partial charge in [-0.2, -0.15) is 0 Å². The molecular formula is C23H24N2O5. The van der Waals surface area contributed by atoms with Crippen molar-refractivity contribution in [1.29, 1.82) is 0 Å². The molecule has 0 unspecified atom stereocenters. The lowest BCUT2D eigenvalue weighted by molar-refractivity contribution is -0.137. The number of nitrogens with zero attached hydrogens (tertiary/aromatic N) is 1. The molecule has 2 aromatic carbocycles. The van der Waals surface area contributed by atoms with Crippen molar-refractivity contribution < 1.29 is 19.4 Å². The zero-order valence-electron chi connectivity index (χ0n) is 16.7. The number of aliphatic carboxylic acids is 1. The second-order valence-electron chi connectivity index (χ2n) is 6.24. The lowest BCUT2D eigenvalue weighted by Crippen LogP contribution is -2.29. The highest BCUT2D eigenvalue weighted by atomic mass is 16.5. The number of benzene rings is 2. The molecule has 3 rings (SSSR count). The van der Waals surface area contributed by atoms with Gasteiger partial charge in [0.2, 0.25) is 0 Å². The number of rotatable bonds is 6. The van der Waals surface area contributed by atoms with Gasteiger partial charge in [0.15, 0.2) is 0 Å². The Morgan fingerprint density at radius 3 is 2.07 bits per heavy atom. The Balaban J connectivity index is 0.000000456. The van der Waals surface area contributed by atoms with Gasteiger partial charge in [-0.15, -0.1) is 0 Å². The maximum Gasteiger partial charge on any atom is 0.412 e.